The van der Waals surface area contributed by atoms with E-state index < -0.39 is 9.84 Å². The molecule has 1 aromatic heterocycles. The number of nitrogens with zero attached hydrogens (tertiary/aromatic N) is 2. The van der Waals surface area contributed by atoms with Crippen LogP contribution in [-0.4, -0.2) is 26.5 Å². The SMILES string of the molecule is Cc1ccc(S(=O)(=O)c2nc(-c3cccc(C)c3)oc2N2CCC(Cc3ccccc3)CC2)cc1. The maximum absolute atomic E-state index is 13.7. The third kappa shape index (κ3) is 5.03. The summed E-state index contributed by atoms with van der Waals surface area (Å²) in [4.78, 5) is 6.84. The molecule has 35 heavy (non-hydrogen) atoms. The van der Waals surface area contributed by atoms with Crippen molar-refractivity contribution >= 4 is 15.7 Å². The van der Waals surface area contributed by atoms with Gasteiger partial charge in [0.05, 0.1) is 4.90 Å². The van der Waals surface area contributed by atoms with Gasteiger partial charge in [-0.05, 0) is 68.9 Å². The van der Waals surface area contributed by atoms with Gasteiger partial charge in [-0.25, -0.2) is 8.42 Å². The van der Waals surface area contributed by atoms with Gasteiger partial charge in [-0.3, -0.25) is 0 Å². The maximum atomic E-state index is 13.7. The fourth-order valence-electron chi connectivity index (χ4n) is 4.69. The zero-order valence-electron chi connectivity index (χ0n) is 20.1. The molecule has 5 nitrogen and oxygen atoms in total. The van der Waals surface area contributed by atoms with Crippen molar-refractivity contribution in [3.05, 3.63) is 95.6 Å². The van der Waals surface area contributed by atoms with E-state index >= 15 is 0 Å². The smallest absolute Gasteiger partial charge is 0.236 e. The second-order valence-electron chi connectivity index (χ2n) is 9.44. The van der Waals surface area contributed by atoms with Gasteiger partial charge in [-0.2, -0.15) is 4.98 Å². The first-order valence-corrected chi connectivity index (χ1v) is 13.6. The Kier molecular flexibility index (Phi) is 6.48. The molecule has 1 fully saturated rings. The van der Waals surface area contributed by atoms with Crippen LogP contribution in [0.2, 0.25) is 0 Å². The Bertz CT molecular complexity index is 1400. The topological polar surface area (TPSA) is 63.4 Å². The number of oxazole rings is 1. The van der Waals surface area contributed by atoms with E-state index in [1.807, 2.05) is 56.3 Å². The molecule has 0 N–H and O–H groups in total. The third-order valence-electron chi connectivity index (χ3n) is 6.70. The number of piperidine rings is 1. The van der Waals surface area contributed by atoms with Gasteiger partial charge >= 0.3 is 0 Å². The van der Waals surface area contributed by atoms with Crippen molar-refractivity contribution in [3.63, 3.8) is 0 Å². The van der Waals surface area contributed by atoms with Crippen molar-refractivity contribution in [2.45, 2.75) is 43.0 Å². The zero-order valence-corrected chi connectivity index (χ0v) is 21.0. The Hall–Kier alpha value is -3.38. The van der Waals surface area contributed by atoms with Gasteiger partial charge in [0.25, 0.3) is 0 Å². The van der Waals surface area contributed by atoms with Crippen LogP contribution in [0.3, 0.4) is 0 Å². The minimum atomic E-state index is -3.84. The molecule has 0 amide bonds. The molecule has 4 aromatic rings. The molecule has 5 rings (SSSR count). The fourth-order valence-corrected chi connectivity index (χ4v) is 6.01. The van der Waals surface area contributed by atoms with Crippen LogP contribution in [0.15, 0.2) is 93.2 Å². The second-order valence-corrected chi connectivity index (χ2v) is 11.3. The van der Waals surface area contributed by atoms with E-state index in [1.165, 1.54) is 5.56 Å². The predicted molar refractivity (Wildman–Crippen MR) is 138 cm³/mol. The van der Waals surface area contributed by atoms with Crippen molar-refractivity contribution in [3.8, 4) is 11.5 Å². The lowest BCUT2D eigenvalue weighted by atomic mass is 9.90. The first kappa shape index (κ1) is 23.4. The first-order valence-electron chi connectivity index (χ1n) is 12.1. The third-order valence-corrected chi connectivity index (χ3v) is 8.37. The molecule has 1 aliphatic heterocycles. The van der Waals surface area contributed by atoms with E-state index in [9.17, 15) is 8.42 Å². The van der Waals surface area contributed by atoms with Crippen LogP contribution >= 0.6 is 0 Å². The number of anilines is 1. The van der Waals surface area contributed by atoms with Gasteiger partial charge in [0.2, 0.25) is 26.6 Å². The minimum absolute atomic E-state index is 0.000585. The van der Waals surface area contributed by atoms with Crippen molar-refractivity contribution in [1.82, 2.24) is 4.98 Å². The number of rotatable bonds is 6. The van der Waals surface area contributed by atoms with Gasteiger partial charge in [-0.1, -0.05) is 65.7 Å². The molecule has 2 heterocycles. The molecular formula is C29H30N2O3S. The average Bonchev–Trinajstić information content (AvgIpc) is 3.32. The molecule has 0 atom stereocenters. The van der Waals surface area contributed by atoms with E-state index in [4.69, 9.17) is 4.42 Å². The molecule has 1 saturated heterocycles. The van der Waals surface area contributed by atoms with Gasteiger partial charge in [0.15, 0.2) is 0 Å². The van der Waals surface area contributed by atoms with Gasteiger partial charge in [0.1, 0.15) is 0 Å². The van der Waals surface area contributed by atoms with E-state index in [1.54, 1.807) is 12.1 Å². The maximum Gasteiger partial charge on any atom is 0.236 e. The highest BCUT2D eigenvalue weighted by Crippen LogP contribution is 2.37. The Labute approximate surface area is 207 Å². The molecule has 1 aliphatic rings. The number of aromatic nitrogens is 1. The summed E-state index contributed by atoms with van der Waals surface area (Å²) >= 11 is 0. The van der Waals surface area contributed by atoms with Crippen molar-refractivity contribution in [1.29, 1.82) is 0 Å². The number of aryl methyl sites for hydroxylation is 2. The van der Waals surface area contributed by atoms with Crippen LogP contribution < -0.4 is 4.90 Å². The molecular weight excluding hydrogens is 456 g/mol. The van der Waals surface area contributed by atoms with Crippen molar-refractivity contribution in [2.75, 3.05) is 18.0 Å². The molecule has 3 aromatic carbocycles. The van der Waals surface area contributed by atoms with Crippen molar-refractivity contribution in [2.24, 2.45) is 5.92 Å². The quantitative estimate of drug-likeness (QED) is 0.322. The summed E-state index contributed by atoms with van der Waals surface area (Å²) in [6.07, 6.45) is 2.98. The molecule has 180 valence electrons. The van der Waals surface area contributed by atoms with E-state index in [-0.39, 0.29) is 9.92 Å². The highest BCUT2D eigenvalue weighted by atomic mass is 32.2. The van der Waals surface area contributed by atoms with E-state index in [2.05, 4.69) is 34.1 Å². The average molecular weight is 487 g/mol. The standard InChI is InChI=1S/C29H30N2O3S/c1-21-11-13-26(14-12-21)35(32,33)28-29(34-27(30-28)25-10-6-7-22(2)19-25)31-17-15-24(16-18-31)20-23-8-4-3-5-9-23/h3-14,19,24H,15-18,20H2,1-2H3. The highest BCUT2D eigenvalue weighted by molar-refractivity contribution is 7.91. The molecule has 0 unspecified atom stereocenters. The summed E-state index contributed by atoms with van der Waals surface area (Å²) in [5.41, 5.74) is 4.18. The highest BCUT2D eigenvalue weighted by Gasteiger charge is 2.33. The lowest BCUT2D eigenvalue weighted by molar-refractivity contribution is 0.387. The number of sulfone groups is 1. The van der Waals surface area contributed by atoms with E-state index in [0.29, 0.717) is 17.7 Å². The van der Waals surface area contributed by atoms with Crippen LogP contribution in [-0.2, 0) is 16.3 Å². The summed E-state index contributed by atoms with van der Waals surface area (Å²) < 4.78 is 33.6. The number of benzene rings is 3. The molecule has 0 radical (unpaired) electrons. The Morgan fingerprint density at radius 3 is 2.29 bits per heavy atom. The van der Waals surface area contributed by atoms with Crippen LogP contribution in [0.4, 0.5) is 5.88 Å². The summed E-state index contributed by atoms with van der Waals surface area (Å²) in [5.74, 6) is 1.24. The summed E-state index contributed by atoms with van der Waals surface area (Å²) in [6.45, 7) is 5.40. The monoisotopic (exact) mass is 486 g/mol. The molecule has 0 aliphatic carbocycles. The van der Waals surface area contributed by atoms with Gasteiger partial charge in [-0.15, -0.1) is 0 Å². The second kappa shape index (κ2) is 9.70. The van der Waals surface area contributed by atoms with E-state index in [0.717, 1.165) is 49.0 Å². The first-order chi connectivity index (χ1) is 16.9. The minimum Gasteiger partial charge on any atom is -0.419 e. The molecule has 0 spiro atoms. The van der Waals surface area contributed by atoms with Crippen molar-refractivity contribution < 1.29 is 12.8 Å². The molecule has 0 bridgehead atoms. The Balaban J connectivity index is 1.47. The lowest BCUT2D eigenvalue weighted by Gasteiger charge is -2.32. The van der Waals surface area contributed by atoms with Crippen LogP contribution in [0.5, 0.6) is 0 Å². The molecule has 6 heteroatoms. The normalized spacial score (nSPS) is 14.9. The summed E-state index contributed by atoms with van der Waals surface area (Å²) in [6, 6.07) is 25.2. The zero-order chi connectivity index (χ0) is 24.4. The number of hydrogen-bond acceptors (Lipinski definition) is 5. The predicted octanol–water partition coefficient (Wildman–Crippen LogP) is 6.25. The fraction of sp³-hybridized carbons (Fsp3) is 0.276. The van der Waals surface area contributed by atoms with Crippen LogP contribution in [0, 0.1) is 19.8 Å². The van der Waals surface area contributed by atoms with Gasteiger partial charge in [0, 0.05) is 18.7 Å². The van der Waals surface area contributed by atoms with Crippen LogP contribution in [0.25, 0.3) is 11.5 Å². The Morgan fingerprint density at radius 1 is 0.886 bits per heavy atom. The lowest BCUT2D eigenvalue weighted by Crippen LogP contribution is -2.34. The van der Waals surface area contributed by atoms with Gasteiger partial charge < -0.3 is 9.32 Å². The summed E-state index contributed by atoms with van der Waals surface area (Å²) in [7, 11) is -3.84. The Morgan fingerprint density at radius 2 is 1.60 bits per heavy atom. The number of hydrogen-bond donors (Lipinski definition) is 0. The largest absolute Gasteiger partial charge is 0.419 e. The molecule has 0 saturated carbocycles. The van der Waals surface area contributed by atoms with Crippen LogP contribution in [0.1, 0.15) is 29.5 Å². The summed E-state index contributed by atoms with van der Waals surface area (Å²) in [5, 5.41) is -0.000585.